The number of nitrogens with zero attached hydrogens (tertiary/aromatic N) is 1. The summed E-state index contributed by atoms with van der Waals surface area (Å²) >= 11 is 0. The summed E-state index contributed by atoms with van der Waals surface area (Å²) in [6.45, 7) is 0.215. The van der Waals surface area contributed by atoms with Gasteiger partial charge in [0.1, 0.15) is 0 Å². The highest BCUT2D eigenvalue weighted by Gasteiger charge is 2.61. The van der Waals surface area contributed by atoms with Gasteiger partial charge < -0.3 is 24.8 Å². The number of hydrogen-bond acceptors (Lipinski definition) is 6. The van der Waals surface area contributed by atoms with Gasteiger partial charge in [0.15, 0.2) is 0 Å². The monoisotopic (exact) mass is 342 g/mol. The van der Waals surface area contributed by atoms with Crippen LogP contribution in [-0.4, -0.2) is 66.8 Å². The molecule has 2 saturated heterocycles. The van der Waals surface area contributed by atoms with E-state index in [0.717, 1.165) is 0 Å². The van der Waals surface area contributed by atoms with Crippen LogP contribution in [0.2, 0.25) is 0 Å². The fourth-order valence-electron chi connectivity index (χ4n) is 3.76. The molecule has 0 aromatic rings. The van der Waals surface area contributed by atoms with Crippen LogP contribution >= 0.6 is 0 Å². The predicted molar refractivity (Wildman–Crippen MR) is 79.9 cm³/mol. The van der Waals surface area contributed by atoms with Crippen molar-refractivity contribution in [2.45, 2.75) is 37.8 Å². The molecule has 2 N–H and O–H groups in total. The van der Waals surface area contributed by atoms with Crippen molar-refractivity contribution in [3.05, 3.63) is 0 Å². The Balaban J connectivity index is 2.08. The minimum Gasteiger partial charge on any atom is -0.481 e. The van der Waals surface area contributed by atoms with Gasteiger partial charge in [-0.05, 0) is 19.3 Å². The number of amides is 2. The van der Waals surface area contributed by atoms with Gasteiger partial charge in [0, 0.05) is 25.0 Å². The number of fused-ring (bicyclic) bond motifs is 2. The average Bonchev–Trinajstić information content (AvgIpc) is 3.12. The molecule has 0 aliphatic carbocycles. The van der Waals surface area contributed by atoms with Crippen LogP contribution < -0.4 is 5.32 Å². The van der Waals surface area contributed by atoms with Crippen molar-refractivity contribution in [1.82, 2.24) is 10.2 Å². The van der Waals surface area contributed by atoms with E-state index in [-0.39, 0.29) is 13.0 Å². The molecule has 4 atom stereocenters. The van der Waals surface area contributed by atoms with Crippen molar-refractivity contribution in [3.8, 4) is 0 Å². The Labute approximate surface area is 139 Å². The first kappa shape index (κ1) is 18.0. The number of nitrogens with one attached hydrogen (secondary N) is 1. The van der Waals surface area contributed by atoms with E-state index in [1.807, 2.05) is 0 Å². The number of esters is 2. The molecule has 2 heterocycles. The molecular formula is C15H22N2O7. The minimum atomic E-state index is -0.929. The van der Waals surface area contributed by atoms with Gasteiger partial charge in [-0.25, -0.2) is 4.79 Å². The van der Waals surface area contributed by atoms with E-state index in [1.165, 1.54) is 19.1 Å². The first-order chi connectivity index (χ1) is 11.4. The SMILES string of the molecule is COC(=O)C1C(C(=O)OC)C2CCC1N2C(=O)NCCCC(=O)O. The average molecular weight is 342 g/mol. The topological polar surface area (TPSA) is 122 Å². The van der Waals surface area contributed by atoms with E-state index in [1.54, 1.807) is 0 Å². The Hall–Kier alpha value is -2.32. The van der Waals surface area contributed by atoms with E-state index in [9.17, 15) is 19.2 Å². The fraction of sp³-hybridized carbons (Fsp3) is 0.733. The Morgan fingerprint density at radius 3 is 1.96 bits per heavy atom. The van der Waals surface area contributed by atoms with Crippen LogP contribution in [0.1, 0.15) is 25.7 Å². The number of ether oxygens (including phenoxy) is 2. The molecule has 2 amide bonds. The summed E-state index contributed by atoms with van der Waals surface area (Å²) in [4.78, 5) is 48.6. The van der Waals surface area contributed by atoms with E-state index < -0.39 is 47.9 Å². The largest absolute Gasteiger partial charge is 0.481 e. The number of aliphatic carboxylic acids is 1. The Morgan fingerprint density at radius 2 is 1.54 bits per heavy atom. The molecule has 2 fully saturated rings. The lowest BCUT2D eigenvalue weighted by Gasteiger charge is -2.24. The summed E-state index contributed by atoms with van der Waals surface area (Å²) < 4.78 is 9.59. The zero-order valence-electron chi connectivity index (χ0n) is 13.7. The lowest BCUT2D eigenvalue weighted by molar-refractivity contribution is -0.157. The molecule has 2 bridgehead atoms. The minimum absolute atomic E-state index is 0.0390. The number of carboxylic acids is 1. The highest BCUT2D eigenvalue weighted by molar-refractivity contribution is 5.87. The number of methoxy groups -OCH3 is 2. The van der Waals surface area contributed by atoms with Gasteiger partial charge in [-0.1, -0.05) is 0 Å². The van der Waals surface area contributed by atoms with Crippen molar-refractivity contribution < 1.29 is 33.8 Å². The molecular weight excluding hydrogens is 320 g/mol. The number of carbonyl (C=O) groups is 4. The van der Waals surface area contributed by atoms with E-state index in [4.69, 9.17) is 14.6 Å². The van der Waals surface area contributed by atoms with E-state index >= 15 is 0 Å². The Morgan fingerprint density at radius 1 is 1.04 bits per heavy atom. The second-order valence-corrected chi connectivity index (χ2v) is 5.95. The third-order valence-electron chi connectivity index (χ3n) is 4.71. The summed E-state index contributed by atoms with van der Waals surface area (Å²) in [6, 6.07) is -1.22. The number of carbonyl (C=O) groups excluding carboxylic acids is 3. The zero-order valence-corrected chi connectivity index (χ0v) is 13.7. The maximum absolute atomic E-state index is 12.4. The van der Waals surface area contributed by atoms with Crippen LogP contribution in [0.25, 0.3) is 0 Å². The fourth-order valence-corrected chi connectivity index (χ4v) is 3.76. The van der Waals surface area contributed by atoms with Crippen molar-refractivity contribution in [3.63, 3.8) is 0 Å². The molecule has 0 spiro atoms. The third-order valence-corrected chi connectivity index (χ3v) is 4.71. The second kappa shape index (κ2) is 7.50. The highest BCUT2D eigenvalue weighted by Crippen LogP contribution is 2.46. The quantitative estimate of drug-likeness (QED) is 0.514. The molecule has 9 heteroatoms. The molecule has 0 aromatic heterocycles. The Kier molecular flexibility index (Phi) is 5.63. The van der Waals surface area contributed by atoms with Crippen LogP contribution in [0.4, 0.5) is 4.79 Å². The maximum Gasteiger partial charge on any atom is 0.317 e. The molecule has 0 saturated carbocycles. The number of hydrogen-bond donors (Lipinski definition) is 2. The van der Waals surface area contributed by atoms with Crippen molar-refractivity contribution >= 4 is 23.9 Å². The molecule has 0 aromatic carbocycles. The van der Waals surface area contributed by atoms with Gasteiger partial charge in [-0.3, -0.25) is 14.4 Å². The van der Waals surface area contributed by atoms with Crippen LogP contribution in [0.3, 0.4) is 0 Å². The molecule has 4 unspecified atom stereocenters. The lowest BCUT2D eigenvalue weighted by Crippen LogP contribution is -2.44. The summed E-state index contributed by atoms with van der Waals surface area (Å²) in [7, 11) is 2.50. The van der Waals surface area contributed by atoms with E-state index in [0.29, 0.717) is 19.3 Å². The molecule has 2 aliphatic heterocycles. The van der Waals surface area contributed by atoms with Gasteiger partial charge in [0.05, 0.1) is 26.1 Å². The van der Waals surface area contributed by atoms with Gasteiger partial charge in [-0.15, -0.1) is 0 Å². The normalized spacial score (nSPS) is 27.7. The van der Waals surface area contributed by atoms with Gasteiger partial charge >= 0.3 is 23.9 Å². The Bertz CT molecular complexity index is 506. The van der Waals surface area contributed by atoms with Crippen LogP contribution in [-0.2, 0) is 23.9 Å². The smallest absolute Gasteiger partial charge is 0.317 e. The summed E-state index contributed by atoms with van der Waals surface area (Å²) in [5, 5.41) is 11.3. The van der Waals surface area contributed by atoms with Gasteiger partial charge in [0.25, 0.3) is 0 Å². The molecule has 2 aliphatic rings. The van der Waals surface area contributed by atoms with Crippen molar-refractivity contribution in [1.29, 1.82) is 0 Å². The maximum atomic E-state index is 12.4. The third kappa shape index (κ3) is 3.29. The van der Waals surface area contributed by atoms with E-state index in [2.05, 4.69) is 5.32 Å². The summed E-state index contributed by atoms with van der Waals surface area (Å²) in [5.41, 5.74) is 0. The van der Waals surface area contributed by atoms with Gasteiger partial charge in [0.2, 0.25) is 0 Å². The number of carboxylic acid groups (broad SMARTS) is 1. The lowest BCUT2D eigenvalue weighted by atomic mass is 9.79. The highest BCUT2D eigenvalue weighted by atomic mass is 16.5. The van der Waals surface area contributed by atoms with Crippen molar-refractivity contribution in [2.75, 3.05) is 20.8 Å². The standard InChI is InChI=1S/C15H22N2O7/c1-23-13(20)11-8-5-6-9(12(11)14(21)24-2)17(8)15(22)16-7-3-4-10(18)19/h8-9,11-12H,3-7H2,1-2H3,(H,16,22)(H,18,19). The van der Waals surface area contributed by atoms with Crippen LogP contribution in [0.5, 0.6) is 0 Å². The molecule has 24 heavy (non-hydrogen) atoms. The predicted octanol–water partition coefficient (Wildman–Crippen LogP) is -0.0142. The second-order valence-electron chi connectivity index (χ2n) is 5.95. The molecule has 9 nitrogen and oxygen atoms in total. The number of rotatable bonds is 6. The summed E-state index contributed by atoms with van der Waals surface area (Å²) in [5.74, 6) is -3.44. The van der Waals surface area contributed by atoms with Crippen LogP contribution in [0.15, 0.2) is 0 Å². The summed E-state index contributed by atoms with van der Waals surface area (Å²) in [6.07, 6.45) is 1.49. The van der Waals surface area contributed by atoms with Crippen LogP contribution in [0, 0.1) is 11.8 Å². The molecule has 0 radical (unpaired) electrons. The molecule has 2 rings (SSSR count). The first-order valence-electron chi connectivity index (χ1n) is 7.86. The van der Waals surface area contributed by atoms with Crippen molar-refractivity contribution in [2.24, 2.45) is 11.8 Å². The number of urea groups is 1. The molecule has 134 valence electrons. The van der Waals surface area contributed by atoms with Gasteiger partial charge in [-0.2, -0.15) is 0 Å². The zero-order chi connectivity index (χ0) is 17.9. The first-order valence-corrected chi connectivity index (χ1v) is 7.86.